The van der Waals surface area contributed by atoms with Gasteiger partial charge in [-0.25, -0.2) is 0 Å². The highest BCUT2D eigenvalue weighted by atomic mass is 35.5. The number of benzene rings is 2. The van der Waals surface area contributed by atoms with Crippen molar-refractivity contribution in [2.75, 3.05) is 16.4 Å². The van der Waals surface area contributed by atoms with E-state index in [-0.39, 0.29) is 17.4 Å². The van der Waals surface area contributed by atoms with Crippen molar-refractivity contribution in [3.63, 3.8) is 0 Å². The van der Waals surface area contributed by atoms with Crippen LogP contribution in [0.15, 0.2) is 58.2 Å². The number of anilines is 2. The number of halogens is 1. The quantitative estimate of drug-likeness (QED) is 0.418. The van der Waals surface area contributed by atoms with Gasteiger partial charge in [0.1, 0.15) is 0 Å². The van der Waals surface area contributed by atoms with E-state index in [2.05, 4.69) is 20.8 Å². The number of carbonyl (C=O) groups is 2. The topological polar surface area (TPSA) is 97.1 Å². The first-order chi connectivity index (χ1) is 13.5. The lowest BCUT2D eigenvalue weighted by Gasteiger charge is -2.04. The number of ketones is 1. The summed E-state index contributed by atoms with van der Waals surface area (Å²) >= 11 is 7.08. The summed E-state index contributed by atoms with van der Waals surface area (Å²) in [7, 11) is 0. The molecule has 0 aliphatic heterocycles. The highest BCUT2D eigenvalue weighted by molar-refractivity contribution is 7.99. The van der Waals surface area contributed by atoms with E-state index in [1.165, 1.54) is 6.92 Å². The Bertz CT molecular complexity index is 975. The predicted molar refractivity (Wildman–Crippen MR) is 109 cm³/mol. The number of thioether (sulfide) groups is 1. The van der Waals surface area contributed by atoms with Gasteiger partial charge < -0.3 is 15.1 Å². The molecule has 28 heavy (non-hydrogen) atoms. The third-order valence-electron chi connectivity index (χ3n) is 3.62. The van der Waals surface area contributed by atoms with E-state index in [9.17, 15) is 9.59 Å². The Balaban J connectivity index is 1.45. The SMILES string of the molecule is CC(=O)c1ccc(NC(=O)CSc2nnc(CNc3cccc(Cl)c3)o2)cc1. The zero-order valence-electron chi connectivity index (χ0n) is 14.9. The average Bonchev–Trinajstić information content (AvgIpc) is 3.13. The molecular weight excluding hydrogens is 400 g/mol. The number of amides is 1. The molecule has 0 bridgehead atoms. The molecule has 0 saturated carbocycles. The molecule has 2 aromatic carbocycles. The Hall–Kier alpha value is -2.84. The van der Waals surface area contributed by atoms with Crippen molar-refractivity contribution in [1.29, 1.82) is 0 Å². The van der Waals surface area contributed by atoms with Crippen molar-refractivity contribution < 1.29 is 14.0 Å². The van der Waals surface area contributed by atoms with E-state index in [1.807, 2.05) is 12.1 Å². The number of hydrogen-bond acceptors (Lipinski definition) is 7. The van der Waals surface area contributed by atoms with Crippen LogP contribution < -0.4 is 10.6 Å². The number of carbonyl (C=O) groups excluding carboxylic acids is 2. The first-order valence-electron chi connectivity index (χ1n) is 8.35. The number of nitrogens with zero attached hydrogens (tertiary/aromatic N) is 2. The van der Waals surface area contributed by atoms with Crippen LogP contribution >= 0.6 is 23.4 Å². The molecule has 2 N–H and O–H groups in total. The minimum absolute atomic E-state index is 0.0227. The Labute approximate surface area is 170 Å². The van der Waals surface area contributed by atoms with Crippen LogP contribution in [-0.4, -0.2) is 27.6 Å². The summed E-state index contributed by atoms with van der Waals surface area (Å²) in [5.41, 5.74) is 2.06. The van der Waals surface area contributed by atoms with Gasteiger partial charge in [0, 0.05) is 22.0 Å². The molecule has 1 aromatic heterocycles. The summed E-state index contributed by atoms with van der Waals surface area (Å²) in [6, 6.07) is 14.0. The molecule has 0 spiro atoms. The Morgan fingerprint density at radius 2 is 1.89 bits per heavy atom. The fourth-order valence-corrected chi connectivity index (χ4v) is 3.03. The van der Waals surface area contributed by atoms with Crippen LogP contribution in [0.5, 0.6) is 0 Å². The first-order valence-corrected chi connectivity index (χ1v) is 9.71. The van der Waals surface area contributed by atoms with Gasteiger partial charge in [-0.2, -0.15) is 0 Å². The van der Waals surface area contributed by atoms with E-state index in [1.54, 1.807) is 36.4 Å². The lowest BCUT2D eigenvalue weighted by molar-refractivity contribution is -0.113. The van der Waals surface area contributed by atoms with Crippen LogP contribution in [-0.2, 0) is 11.3 Å². The smallest absolute Gasteiger partial charge is 0.277 e. The van der Waals surface area contributed by atoms with Crippen molar-refractivity contribution in [3.05, 3.63) is 65.0 Å². The molecule has 0 aliphatic carbocycles. The number of rotatable bonds is 8. The molecule has 1 heterocycles. The lowest BCUT2D eigenvalue weighted by atomic mass is 10.1. The first kappa shape index (κ1) is 19.9. The van der Waals surface area contributed by atoms with Crippen molar-refractivity contribution in [2.45, 2.75) is 18.7 Å². The van der Waals surface area contributed by atoms with Crippen LogP contribution in [0, 0.1) is 0 Å². The molecule has 7 nitrogen and oxygen atoms in total. The monoisotopic (exact) mass is 416 g/mol. The van der Waals surface area contributed by atoms with E-state index in [0.29, 0.717) is 33.9 Å². The molecule has 0 fully saturated rings. The predicted octanol–water partition coefficient (Wildman–Crippen LogP) is 4.27. The number of nitrogens with one attached hydrogen (secondary N) is 2. The van der Waals surface area contributed by atoms with Gasteiger partial charge in [0.05, 0.1) is 12.3 Å². The second-order valence-electron chi connectivity index (χ2n) is 5.80. The molecule has 3 rings (SSSR count). The van der Waals surface area contributed by atoms with E-state index in [4.69, 9.17) is 16.0 Å². The number of hydrogen-bond donors (Lipinski definition) is 2. The van der Waals surface area contributed by atoms with Crippen molar-refractivity contribution in [2.24, 2.45) is 0 Å². The maximum absolute atomic E-state index is 12.0. The van der Waals surface area contributed by atoms with E-state index < -0.39 is 0 Å². The van der Waals surface area contributed by atoms with Gasteiger partial charge in [-0.15, -0.1) is 10.2 Å². The fourth-order valence-electron chi connectivity index (χ4n) is 2.26. The van der Waals surface area contributed by atoms with Gasteiger partial charge in [-0.1, -0.05) is 29.4 Å². The van der Waals surface area contributed by atoms with Gasteiger partial charge >= 0.3 is 0 Å². The molecule has 0 unspecified atom stereocenters. The van der Waals surface area contributed by atoms with Gasteiger partial charge in [0.25, 0.3) is 5.22 Å². The number of aromatic nitrogens is 2. The van der Waals surface area contributed by atoms with Crippen LogP contribution in [0.4, 0.5) is 11.4 Å². The zero-order valence-corrected chi connectivity index (χ0v) is 16.5. The van der Waals surface area contributed by atoms with Crippen molar-refractivity contribution >= 4 is 46.4 Å². The maximum atomic E-state index is 12.0. The standard InChI is InChI=1S/C19H17ClN4O3S/c1-12(25)13-5-7-15(8-6-13)22-17(26)11-28-19-24-23-18(27-19)10-21-16-4-2-3-14(20)9-16/h2-9,21H,10-11H2,1H3,(H,22,26). The minimum Gasteiger partial charge on any atom is -0.414 e. The summed E-state index contributed by atoms with van der Waals surface area (Å²) in [4.78, 5) is 23.3. The minimum atomic E-state index is -0.211. The molecule has 1 amide bonds. The molecule has 144 valence electrons. The van der Waals surface area contributed by atoms with E-state index >= 15 is 0 Å². The van der Waals surface area contributed by atoms with Crippen LogP contribution in [0.2, 0.25) is 5.02 Å². The zero-order chi connectivity index (χ0) is 19.9. The van der Waals surface area contributed by atoms with Gasteiger partial charge in [0.2, 0.25) is 11.8 Å². The van der Waals surface area contributed by atoms with E-state index in [0.717, 1.165) is 17.4 Å². The third kappa shape index (κ3) is 5.83. The molecule has 3 aromatic rings. The van der Waals surface area contributed by atoms with Gasteiger partial charge in [-0.05, 0) is 49.4 Å². The number of Topliss-reactive ketones (excluding diaryl/α,β-unsaturated/α-hetero) is 1. The summed E-state index contributed by atoms with van der Waals surface area (Å²) in [6.07, 6.45) is 0. The summed E-state index contributed by atoms with van der Waals surface area (Å²) in [5.74, 6) is 0.295. The average molecular weight is 417 g/mol. The Morgan fingerprint density at radius 3 is 2.61 bits per heavy atom. The maximum Gasteiger partial charge on any atom is 0.277 e. The Morgan fingerprint density at radius 1 is 1.11 bits per heavy atom. The summed E-state index contributed by atoms with van der Waals surface area (Å²) in [5, 5.41) is 14.7. The molecular formula is C19H17ClN4O3S. The molecule has 0 aliphatic rings. The van der Waals surface area contributed by atoms with Crippen LogP contribution in [0.25, 0.3) is 0 Å². The van der Waals surface area contributed by atoms with Crippen LogP contribution in [0.1, 0.15) is 23.2 Å². The fraction of sp³-hybridized carbons (Fsp3) is 0.158. The summed E-state index contributed by atoms with van der Waals surface area (Å²) in [6.45, 7) is 1.84. The highest BCUT2D eigenvalue weighted by Crippen LogP contribution is 2.19. The van der Waals surface area contributed by atoms with Gasteiger partial charge in [-0.3, -0.25) is 9.59 Å². The largest absolute Gasteiger partial charge is 0.414 e. The molecule has 9 heteroatoms. The highest BCUT2D eigenvalue weighted by Gasteiger charge is 2.10. The second-order valence-corrected chi connectivity index (χ2v) is 7.16. The molecule has 0 radical (unpaired) electrons. The second kappa shape index (κ2) is 9.38. The molecule has 0 saturated heterocycles. The van der Waals surface area contributed by atoms with Gasteiger partial charge in [0.15, 0.2) is 5.78 Å². The Kier molecular flexibility index (Phi) is 6.67. The lowest BCUT2D eigenvalue weighted by Crippen LogP contribution is -2.14. The molecule has 0 atom stereocenters. The van der Waals surface area contributed by atoms with Crippen LogP contribution in [0.3, 0.4) is 0 Å². The third-order valence-corrected chi connectivity index (χ3v) is 4.67. The summed E-state index contributed by atoms with van der Waals surface area (Å²) < 4.78 is 5.51. The normalized spacial score (nSPS) is 10.5. The van der Waals surface area contributed by atoms with Crippen molar-refractivity contribution in [3.8, 4) is 0 Å². The van der Waals surface area contributed by atoms with Crippen molar-refractivity contribution in [1.82, 2.24) is 10.2 Å².